The van der Waals surface area contributed by atoms with Gasteiger partial charge in [0.05, 0.1) is 6.61 Å². The highest BCUT2D eigenvalue weighted by Crippen LogP contribution is 2.37. The largest absolute Gasteiger partial charge is 0.347 e. The molecule has 0 aromatic rings. The number of nitrogens with zero attached hydrogens (tertiary/aromatic N) is 1. The van der Waals surface area contributed by atoms with Crippen LogP contribution in [0.3, 0.4) is 0 Å². The predicted molar refractivity (Wildman–Crippen MR) is 80.0 cm³/mol. The SMILES string of the molecule is CC(C)N(C(=O)NCC1COC2(CCCCC2)O1)C1CC1. The second kappa shape index (κ2) is 6.13. The number of urea groups is 1. The van der Waals surface area contributed by atoms with E-state index < -0.39 is 0 Å². The average Bonchev–Trinajstić information content (AvgIpc) is 3.20. The van der Waals surface area contributed by atoms with Crippen molar-refractivity contribution in [2.75, 3.05) is 13.2 Å². The molecule has 0 radical (unpaired) electrons. The molecule has 0 aromatic heterocycles. The van der Waals surface area contributed by atoms with E-state index in [4.69, 9.17) is 9.47 Å². The van der Waals surface area contributed by atoms with E-state index in [1.54, 1.807) is 0 Å². The van der Waals surface area contributed by atoms with Gasteiger partial charge in [0.25, 0.3) is 0 Å². The Morgan fingerprint density at radius 2 is 2.00 bits per heavy atom. The first kappa shape index (κ1) is 15.1. The zero-order valence-electron chi connectivity index (χ0n) is 13.3. The van der Waals surface area contributed by atoms with Crippen LogP contribution in [0.2, 0.25) is 0 Å². The molecule has 3 fully saturated rings. The molecular formula is C16H28N2O3. The summed E-state index contributed by atoms with van der Waals surface area (Å²) in [6.45, 7) is 5.30. The van der Waals surface area contributed by atoms with E-state index in [1.807, 2.05) is 4.90 Å². The fourth-order valence-corrected chi connectivity index (χ4v) is 3.54. The molecule has 3 aliphatic rings. The summed E-state index contributed by atoms with van der Waals surface area (Å²) >= 11 is 0. The van der Waals surface area contributed by atoms with Crippen LogP contribution >= 0.6 is 0 Å². The molecule has 1 saturated heterocycles. The van der Waals surface area contributed by atoms with E-state index in [2.05, 4.69) is 19.2 Å². The second-order valence-corrected chi connectivity index (χ2v) is 6.94. The van der Waals surface area contributed by atoms with E-state index in [0.717, 1.165) is 25.7 Å². The molecule has 2 amide bonds. The van der Waals surface area contributed by atoms with Crippen molar-refractivity contribution < 1.29 is 14.3 Å². The molecule has 1 atom stereocenters. The standard InChI is InChI=1S/C16H28N2O3/c1-12(2)18(13-6-7-13)15(19)17-10-14-11-20-16(21-14)8-4-3-5-9-16/h12-14H,3-11H2,1-2H3,(H,17,19). The molecule has 2 aliphatic carbocycles. The smallest absolute Gasteiger partial charge is 0.317 e. The average molecular weight is 296 g/mol. The third-order valence-electron chi connectivity index (χ3n) is 4.74. The highest BCUT2D eigenvalue weighted by atomic mass is 16.7. The van der Waals surface area contributed by atoms with Gasteiger partial charge in [0.15, 0.2) is 5.79 Å². The van der Waals surface area contributed by atoms with Gasteiger partial charge >= 0.3 is 6.03 Å². The number of amides is 2. The molecule has 21 heavy (non-hydrogen) atoms. The third kappa shape index (κ3) is 3.51. The fraction of sp³-hybridized carbons (Fsp3) is 0.938. The molecule has 5 nitrogen and oxygen atoms in total. The van der Waals surface area contributed by atoms with Crippen molar-refractivity contribution in [3.05, 3.63) is 0 Å². The van der Waals surface area contributed by atoms with Crippen molar-refractivity contribution >= 4 is 6.03 Å². The van der Waals surface area contributed by atoms with Crippen LogP contribution in [0.15, 0.2) is 0 Å². The number of nitrogens with one attached hydrogen (secondary N) is 1. The first-order chi connectivity index (χ1) is 10.1. The van der Waals surface area contributed by atoms with Gasteiger partial charge in [-0.05, 0) is 39.5 Å². The Kier molecular flexibility index (Phi) is 4.41. The molecule has 5 heteroatoms. The summed E-state index contributed by atoms with van der Waals surface area (Å²) in [5, 5.41) is 3.03. The maximum atomic E-state index is 12.3. The Labute approximate surface area is 127 Å². The van der Waals surface area contributed by atoms with E-state index in [1.165, 1.54) is 19.3 Å². The van der Waals surface area contributed by atoms with Crippen LogP contribution in [0.5, 0.6) is 0 Å². The van der Waals surface area contributed by atoms with E-state index in [-0.39, 0.29) is 24.0 Å². The first-order valence-electron chi connectivity index (χ1n) is 8.48. The fourth-order valence-electron chi connectivity index (χ4n) is 3.54. The topological polar surface area (TPSA) is 50.8 Å². The van der Waals surface area contributed by atoms with Gasteiger partial charge in [0.1, 0.15) is 6.10 Å². The van der Waals surface area contributed by atoms with Crippen molar-refractivity contribution in [3.8, 4) is 0 Å². The van der Waals surface area contributed by atoms with Crippen LogP contribution in [-0.2, 0) is 9.47 Å². The summed E-state index contributed by atoms with van der Waals surface area (Å²) in [6.07, 6.45) is 7.91. The summed E-state index contributed by atoms with van der Waals surface area (Å²) in [5.74, 6) is -0.345. The molecule has 2 saturated carbocycles. The molecule has 0 bridgehead atoms. The number of rotatable bonds is 4. The number of ether oxygens (including phenoxy) is 2. The van der Waals surface area contributed by atoms with Crippen LogP contribution in [0.1, 0.15) is 58.8 Å². The van der Waals surface area contributed by atoms with Gasteiger partial charge in [-0.1, -0.05) is 6.42 Å². The van der Waals surface area contributed by atoms with Crippen molar-refractivity contribution in [1.29, 1.82) is 0 Å². The monoisotopic (exact) mass is 296 g/mol. The maximum Gasteiger partial charge on any atom is 0.317 e. The van der Waals surface area contributed by atoms with Crippen LogP contribution in [0.4, 0.5) is 4.79 Å². The molecular weight excluding hydrogens is 268 g/mol. The van der Waals surface area contributed by atoms with Crippen molar-refractivity contribution in [3.63, 3.8) is 0 Å². The zero-order chi connectivity index (χ0) is 14.9. The quantitative estimate of drug-likeness (QED) is 0.867. The van der Waals surface area contributed by atoms with Crippen LogP contribution in [0.25, 0.3) is 0 Å². The molecule has 0 aromatic carbocycles. The highest BCUT2D eigenvalue weighted by Gasteiger charge is 2.42. The predicted octanol–water partition coefficient (Wildman–Crippen LogP) is 2.64. The minimum atomic E-state index is -0.345. The lowest BCUT2D eigenvalue weighted by Crippen LogP contribution is -2.47. The molecule has 1 spiro atoms. The van der Waals surface area contributed by atoms with Crippen molar-refractivity contribution in [2.24, 2.45) is 0 Å². The molecule has 1 heterocycles. The van der Waals surface area contributed by atoms with Crippen LogP contribution in [-0.4, -0.2) is 48.1 Å². The van der Waals surface area contributed by atoms with E-state index >= 15 is 0 Å². The van der Waals surface area contributed by atoms with Gasteiger partial charge in [0.2, 0.25) is 0 Å². The number of hydrogen-bond acceptors (Lipinski definition) is 3. The summed E-state index contributed by atoms with van der Waals surface area (Å²) in [7, 11) is 0. The van der Waals surface area contributed by atoms with Gasteiger partial charge in [-0.25, -0.2) is 4.79 Å². The third-order valence-corrected chi connectivity index (χ3v) is 4.74. The summed E-state index contributed by atoms with van der Waals surface area (Å²) < 4.78 is 12.0. The Morgan fingerprint density at radius 3 is 2.62 bits per heavy atom. The van der Waals surface area contributed by atoms with Gasteiger partial charge < -0.3 is 19.7 Å². The van der Waals surface area contributed by atoms with Gasteiger partial charge in [0, 0.05) is 31.5 Å². The minimum absolute atomic E-state index is 0.000246. The van der Waals surface area contributed by atoms with E-state index in [9.17, 15) is 4.79 Å². The molecule has 3 rings (SSSR count). The summed E-state index contributed by atoms with van der Waals surface area (Å²) in [6, 6.07) is 0.735. The molecule has 1 aliphatic heterocycles. The Morgan fingerprint density at radius 1 is 1.29 bits per heavy atom. The summed E-state index contributed by atoms with van der Waals surface area (Å²) in [4.78, 5) is 14.3. The molecule has 120 valence electrons. The normalized spacial score (nSPS) is 28.0. The lowest BCUT2D eigenvalue weighted by atomic mass is 9.94. The lowest BCUT2D eigenvalue weighted by Gasteiger charge is -2.32. The number of hydrogen-bond donors (Lipinski definition) is 1. The Hall–Kier alpha value is -0.810. The van der Waals surface area contributed by atoms with Crippen LogP contribution < -0.4 is 5.32 Å². The van der Waals surface area contributed by atoms with E-state index in [0.29, 0.717) is 19.2 Å². The highest BCUT2D eigenvalue weighted by molar-refractivity contribution is 5.75. The number of carbonyl (C=O) groups excluding carboxylic acids is 1. The second-order valence-electron chi connectivity index (χ2n) is 6.94. The Balaban J connectivity index is 1.46. The zero-order valence-corrected chi connectivity index (χ0v) is 13.3. The van der Waals surface area contributed by atoms with Crippen LogP contribution in [0, 0.1) is 0 Å². The minimum Gasteiger partial charge on any atom is -0.347 e. The lowest BCUT2D eigenvalue weighted by molar-refractivity contribution is -0.186. The first-order valence-corrected chi connectivity index (χ1v) is 8.48. The summed E-state index contributed by atoms with van der Waals surface area (Å²) in [5.41, 5.74) is 0. The van der Waals surface area contributed by atoms with Gasteiger partial charge in [-0.3, -0.25) is 0 Å². The van der Waals surface area contributed by atoms with Gasteiger partial charge in [-0.2, -0.15) is 0 Å². The van der Waals surface area contributed by atoms with Crippen molar-refractivity contribution in [2.45, 2.75) is 82.8 Å². The molecule has 1 N–H and O–H groups in total. The number of carbonyl (C=O) groups is 1. The van der Waals surface area contributed by atoms with Gasteiger partial charge in [-0.15, -0.1) is 0 Å². The Bertz CT molecular complexity index is 374. The molecule has 1 unspecified atom stereocenters. The van der Waals surface area contributed by atoms with Crippen molar-refractivity contribution in [1.82, 2.24) is 10.2 Å². The maximum absolute atomic E-state index is 12.3.